The van der Waals surface area contributed by atoms with Crippen LogP contribution in [0.25, 0.3) is 10.9 Å². The van der Waals surface area contributed by atoms with Crippen molar-refractivity contribution < 1.29 is 19.1 Å². The van der Waals surface area contributed by atoms with Crippen molar-refractivity contribution in [3.05, 3.63) is 30.0 Å². The first-order chi connectivity index (χ1) is 15.4. The van der Waals surface area contributed by atoms with Crippen molar-refractivity contribution in [3.8, 4) is 11.8 Å². The van der Waals surface area contributed by atoms with Gasteiger partial charge in [-0.05, 0) is 49.8 Å². The van der Waals surface area contributed by atoms with E-state index in [0.29, 0.717) is 37.3 Å². The molecule has 1 aromatic heterocycles. The number of carbonyl (C=O) groups excluding carboxylic acids is 3. The smallest absolute Gasteiger partial charge is 0.270 e. The second-order valence-electron chi connectivity index (χ2n) is 8.90. The molecule has 2 amide bonds. The van der Waals surface area contributed by atoms with Crippen LogP contribution >= 0.6 is 0 Å². The van der Waals surface area contributed by atoms with Crippen molar-refractivity contribution in [1.82, 2.24) is 15.2 Å². The molecular formula is C24H28N4O4. The molecule has 0 unspecified atom stereocenters. The number of nitrogens with zero attached hydrogens (tertiary/aromatic N) is 2. The monoisotopic (exact) mass is 436 g/mol. The number of H-pyrrole nitrogens is 1. The van der Waals surface area contributed by atoms with Crippen LogP contribution in [0.2, 0.25) is 0 Å². The lowest BCUT2D eigenvalue weighted by Crippen LogP contribution is -2.49. The predicted octanol–water partition coefficient (Wildman–Crippen LogP) is 2.79. The number of nitriles is 1. The Labute approximate surface area is 186 Å². The summed E-state index contributed by atoms with van der Waals surface area (Å²) >= 11 is 0. The summed E-state index contributed by atoms with van der Waals surface area (Å²) in [6, 6.07) is 8.02. The summed E-state index contributed by atoms with van der Waals surface area (Å²) in [6.45, 7) is 2.46. The van der Waals surface area contributed by atoms with Crippen LogP contribution in [0.5, 0.6) is 5.75 Å². The van der Waals surface area contributed by atoms with E-state index in [1.807, 2.05) is 25.1 Å². The van der Waals surface area contributed by atoms with Gasteiger partial charge in [-0.1, -0.05) is 13.0 Å². The van der Waals surface area contributed by atoms with Gasteiger partial charge in [0.05, 0.1) is 13.2 Å². The Balaban J connectivity index is 1.50. The molecule has 2 heterocycles. The van der Waals surface area contributed by atoms with Gasteiger partial charge in [0, 0.05) is 29.8 Å². The number of carbonyl (C=O) groups is 3. The summed E-state index contributed by atoms with van der Waals surface area (Å²) in [4.78, 5) is 43.0. The summed E-state index contributed by atoms with van der Waals surface area (Å²) in [5.41, 5.74) is 1.18. The third kappa shape index (κ3) is 4.20. The molecule has 0 bridgehead atoms. The van der Waals surface area contributed by atoms with E-state index in [1.54, 1.807) is 18.1 Å². The van der Waals surface area contributed by atoms with Gasteiger partial charge < -0.3 is 19.9 Å². The Morgan fingerprint density at radius 2 is 2.22 bits per heavy atom. The maximum absolute atomic E-state index is 13.3. The lowest BCUT2D eigenvalue weighted by atomic mass is 9.97. The van der Waals surface area contributed by atoms with E-state index in [9.17, 15) is 19.6 Å². The van der Waals surface area contributed by atoms with Gasteiger partial charge in [-0.3, -0.25) is 14.4 Å². The van der Waals surface area contributed by atoms with Crippen LogP contribution in [-0.4, -0.2) is 53.2 Å². The number of Topliss-reactive ketones (excluding diaryl/α,β-unsaturated/α-hetero) is 1. The van der Waals surface area contributed by atoms with Crippen molar-refractivity contribution in [2.24, 2.45) is 11.8 Å². The standard InChI is InChI=1S/C24H28N4O4/c1-14-9-20(23(30)26-16(12-25)10-15-5-3-7-21(15)29)28(13-14)24(31)19-11-17-18(27-19)6-4-8-22(17)32-2/h4,6,8,11,14-16,20,27H,3,5,7,9-10,13H2,1-2H3,(H,26,30)/t14-,15+,16+,20+/m1/s1. The number of aromatic nitrogens is 1. The fourth-order valence-electron chi connectivity index (χ4n) is 4.93. The van der Waals surface area contributed by atoms with Gasteiger partial charge in [0.2, 0.25) is 5.91 Å². The number of aromatic amines is 1. The normalized spacial score (nSPS) is 23.8. The number of amides is 2. The zero-order chi connectivity index (χ0) is 22.8. The van der Waals surface area contributed by atoms with Crippen molar-refractivity contribution in [2.75, 3.05) is 13.7 Å². The van der Waals surface area contributed by atoms with E-state index in [4.69, 9.17) is 4.74 Å². The molecule has 4 atom stereocenters. The number of fused-ring (bicyclic) bond motifs is 1. The highest BCUT2D eigenvalue weighted by atomic mass is 16.5. The minimum absolute atomic E-state index is 0.158. The van der Waals surface area contributed by atoms with Crippen molar-refractivity contribution in [1.29, 1.82) is 5.26 Å². The maximum Gasteiger partial charge on any atom is 0.270 e. The predicted molar refractivity (Wildman–Crippen MR) is 118 cm³/mol. The number of hydrogen-bond acceptors (Lipinski definition) is 5. The zero-order valence-electron chi connectivity index (χ0n) is 18.4. The molecule has 2 N–H and O–H groups in total. The SMILES string of the molecule is COc1cccc2[nH]c(C(=O)N3C[C@H](C)C[C@H]3C(=O)N[C@H](C#N)C[C@@H]3CCCC3=O)cc12. The van der Waals surface area contributed by atoms with Gasteiger partial charge in [0.1, 0.15) is 29.3 Å². The summed E-state index contributed by atoms with van der Waals surface area (Å²) in [6.07, 6.45) is 3.02. The molecule has 2 aliphatic rings. The second kappa shape index (κ2) is 9.03. The number of nitrogens with one attached hydrogen (secondary N) is 2. The number of methoxy groups -OCH3 is 1. The van der Waals surface area contributed by atoms with Gasteiger partial charge in [-0.25, -0.2) is 0 Å². The molecular weight excluding hydrogens is 408 g/mol. The largest absolute Gasteiger partial charge is 0.496 e. The second-order valence-corrected chi connectivity index (χ2v) is 8.90. The molecule has 8 nitrogen and oxygen atoms in total. The van der Waals surface area contributed by atoms with Crippen LogP contribution < -0.4 is 10.1 Å². The van der Waals surface area contributed by atoms with E-state index in [0.717, 1.165) is 23.7 Å². The van der Waals surface area contributed by atoms with Crippen LogP contribution in [0.3, 0.4) is 0 Å². The third-order valence-corrected chi connectivity index (χ3v) is 6.57. The Hall–Kier alpha value is -3.34. The minimum atomic E-state index is -0.736. The van der Waals surface area contributed by atoms with Crippen LogP contribution in [-0.2, 0) is 9.59 Å². The molecule has 2 fully saturated rings. The van der Waals surface area contributed by atoms with Crippen molar-refractivity contribution in [3.63, 3.8) is 0 Å². The van der Waals surface area contributed by atoms with Crippen LogP contribution in [0, 0.1) is 23.2 Å². The molecule has 2 aromatic rings. The first kappa shape index (κ1) is 21.9. The summed E-state index contributed by atoms with van der Waals surface area (Å²) < 4.78 is 5.38. The lowest BCUT2D eigenvalue weighted by Gasteiger charge is -2.25. The van der Waals surface area contributed by atoms with E-state index in [2.05, 4.69) is 16.4 Å². The number of likely N-dealkylation sites (tertiary alicyclic amines) is 1. The Morgan fingerprint density at radius 3 is 2.91 bits per heavy atom. The number of hydrogen-bond donors (Lipinski definition) is 2. The Morgan fingerprint density at radius 1 is 1.41 bits per heavy atom. The van der Waals surface area contributed by atoms with Crippen LogP contribution in [0.1, 0.15) is 49.5 Å². The van der Waals surface area contributed by atoms with E-state index < -0.39 is 12.1 Å². The summed E-state index contributed by atoms with van der Waals surface area (Å²) in [7, 11) is 1.58. The highest BCUT2D eigenvalue weighted by molar-refractivity contribution is 6.01. The fraction of sp³-hybridized carbons (Fsp3) is 0.500. The van der Waals surface area contributed by atoms with Gasteiger partial charge in [-0.2, -0.15) is 5.26 Å². The highest BCUT2D eigenvalue weighted by Crippen LogP contribution is 2.30. The first-order valence-corrected chi connectivity index (χ1v) is 11.1. The van der Waals surface area contributed by atoms with E-state index >= 15 is 0 Å². The molecule has 1 aromatic carbocycles. The Bertz CT molecular complexity index is 1090. The molecule has 32 heavy (non-hydrogen) atoms. The number of ether oxygens (including phenoxy) is 1. The molecule has 0 radical (unpaired) electrons. The Kier molecular flexibility index (Phi) is 6.17. The van der Waals surface area contributed by atoms with Gasteiger partial charge in [0.25, 0.3) is 5.91 Å². The fourth-order valence-corrected chi connectivity index (χ4v) is 4.93. The molecule has 1 saturated heterocycles. The molecule has 1 aliphatic heterocycles. The number of rotatable bonds is 6. The van der Waals surface area contributed by atoms with Gasteiger partial charge in [-0.15, -0.1) is 0 Å². The summed E-state index contributed by atoms with van der Waals surface area (Å²) in [5.74, 6) is 0.230. The van der Waals surface area contributed by atoms with E-state index in [1.165, 1.54) is 0 Å². The van der Waals surface area contributed by atoms with Crippen LogP contribution in [0.4, 0.5) is 0 Å². The topological polar surface area (TPSA) is 115 Å². The number of ketones is 1. The molecule has 1 aliphatic carbocycles. The molecule has 0 spiro atoms. The van der Waals surface area contributed by atoms with Crippen LogP contribution in [0.15, 0.2) is 24.3 Å². The average Bonchev–Trinajstić information content (AvgIpc) is 3.50. The molecule has 4 rings (SSSR count). The molecule has 1 saturated carbocycles. The summed E-state index contributed by atoms with van der Waals surface area (Å²) in [5, 5.41) is 13.1. The lowest BCUT2D eigenvalue weighted by molar-refractivity contribution is -0.126. The van der Waals surface area contributed by atoms with Gasteiger partial charge in [0.15, 0.2) is 0 Å². The molecule has 168 valence electrons. The number of benzene rings is 1. The third-order valence-electron chi connectivity index (χ3n) is 6.57. The zero-order valence-corrected chi connectivity index (χ0v) is 18.4. The average molecular weight is 437 g/mol. The minimum Gasteiger partial charge on any atom is -0.496 e. The molecule has 8 heteroatoms. The van der Waals surface area contributed by atoms with Gasteiger partial charge >= 0.3 is 0 Å². The highest BCUT2D eigenvalue weighted by Gasteiger charge is 2.39. The van der Waals surface area contributed by atoms with E-state index in [-0.39, 0.29) is 29.4 Å². The quantitative estimate of drug-likeness (QED) is 0.722. The maximum atomic E-state index is 13.3. The first-order valence-electron chi connectivity index (χ1n) is 11.1. The van der Waals surface area contributed by atoms with Crippen molar-refractivity contribution in [2.45, 2.75) is 51.1 Å². The van der Waals surface area contributed by atoms with Crippen molar-refractivity contribution >= 4 is 28.5 Å².